The average Bonchev–Trinajstić information content (AvgIpc) is 3.08. The van der Waals surface area contributed by atoms with Gasteiger partial charge in [0.25, 0.3) is 0 Å². The molecule has 0 fully saturated rings. The van der Waals surface area contributed by atoms with Crippen molar-refractivity contribution in [1.29, 1.82) is 0 Å². The summed E-state index contributed by atoms with van der Waals surface area (Å²) < 4.78 is 2.09. The quantitative estimate of drug-likeness (QED) is 0.793. The third-order valence-corrected chi connectivity index (χ3v) is 4.98. The number of rotatable bonds is 3. The third-order valence-electron chi connectivity index (χ3n) is 4.61. The molecule has 0 unspecified atom stereocenters. The lowest BCUT2D eigenvalue weighted by Crippen LogP contribution is -2.11. The number of halogens is 1. The highest BCUT2D eigenvalue weighted by atomic mass is 35.5. The molecule has 1 aliphatic carbocycles. The second-order valence-corrected chi connectivity index (χ2v) is 6.43. The SMILES string of the molecule is NC(=O)c1ccc2c3c(n(Cc4ccccc4Cl)c2c1)CCC3=O. The van der Waals surface area contributed by atoms with Crippen molar-refractivity contribution in [1.82, 2.24) is 4.57 Å². The molecule has 1 aliphatic rings. The number of primary amides is 1. The van der Waals surface area contributed by atoms with Crippen molar-refractivity contribution in [3.8, 4) is 0 Å². The zero-order valence-corrected chi connectivity index (χ0v) is 13.6. The molecule has 5 heteroatoms. The highest BCUT2D eigenvalue weighted by Crippen LogP contribution is 2.34. The van der Waals surface area contributed by atoms with Crippen LogP contribution in [-0.4, -0.2) is 16.3 Å². The molecule has 24 heavy (non-hydrogen) atoms. The minimum absolute atomic E-state index is 0.153. The van der Waals surface area contributed by atoms with Crippen molar-refractivity contribution in [2.24, 2.45) is 5.73 Å². The number of ketones is 1. The van der Waals surface area contributed by atoms with Crippen molar-refractivity contribution in [2.75, 3.05) is 0 Å². The Bertz CT molecular complexity index is 1000. The summed E-state index contributed by atoms with van der Waals surface area (Å²) in [7, 11) is 0. The molecule has 1 amide bonds. The maximum atomic E-state index is 12.3. The molecule has 1 aromatic heterocycles. The molecule has 4 nitrogen and oxygen atoms in total. The Hall–Kier alpha value is -2.59. The zero-order chi connectivity index (χ0) is 16.8. The van der Waals surface area contributed by atoms with Gasteiger partial charge in [0.15, 0.2) is 5.78 Å². The lowest BCUT2D eigenvalue weighted by Gasteiger charge is -2.11. The molecule has 2 N–H and O–H groups in total. The van der Waals surface area contributed by atoms with Crippen molar-refractivity contribution in [3.63, 3.8) is 0 Å². The van der Waals surface area contributed by atoms with Gasteiger partial charge in [-0.25, -0.2) is 0 Å². The van der Waals surface area contributed by atoms with E-state index >= 15 is 0 Å². The summed E-state index contributed by atoms with van der Waals surface area (Å²) in [6.45, 7) is 0.557. The minimum atomic E-state index is -0.478. The van der Waals surface area contributed by atoms with E-state index in [0.29, 0.717) is 30.0 Å². The minimum Gasteiger partial charge on any atom is -0.366 e. The molecule has 0 saturated heterocycles. The van der Waals surface area contributed by atoms with E-state index in [0.717, 1.165) is 27.7 Å². The molecule has 0 atom stereocenters. The fourth-order valence-electron chi connectivity index (χ4n) is 3.46. The Morgan fingerprint density at radius 2 is 1.96 bits per heavy atom. The molecule has 0 aliphatic heterocycles. The van der Waals surface area contributed by atoms with E-state index in [-0.39, 0.29) is 5.78 Å². The summed E-state index contributed by atoms with van der Waals surface area (Å²) in [5, 5.41) is 1.56. The molecule has 120 valence electrons. The largest absolute Gasteiger partial charge is 0.366 e. The Morgan fingerprint density at radius 1 is 1.17 bits per heavy atom. The number of fused-ring (bicyclic) bond motifs is 3. The van der Waals surface area contributed by atoms with Gasteiger partial charge < -0.3 is 10.3 Å². The highest BCUT2D eigenvalue weighted by molar-refractivity contribution is 6.31. The van der Waals surface area contributed by atoms with E-state index in [4.69, 9.17) is 17.3 Å². The number of hydrogen-bond donors (Lipinski definition) is 1. The van der Waals surface area contributed by atoms with Crippen LogP contribution in [0.1, 0.15) is 38.4 Å². The van der Waals surface area contributed by atoms with Crippen LogP contribution in [0, 0.1) is 0 Å². The summed E-state index contributed by atoms with van der Waals surface area (Å²) in [6.07, 6.45) is 1.24. The number of Topliss-reactive ketones (excluding diaryl/α,β-unsaturated/α-hetero) is 1. The van der Waals surface area contributed by atoms with Crippen molar-refractivity contribution >= 4 is 34.2 Å². The molecule has 2 aromatic carbocycles. The van der Waals surface area contributed by atoms with Crippen LogP contribution in [0.4, 0.5) is 0 Å². The van der Waals surface area contributed by atoms with Gasteiger partial charge in [-0.05, 0) is 30.2 Å². The standard InChI is InChI=1S/C19H15ClN2O2/c20-14-4-2-1-3-12(14)10-22-15-7-8-17(23)18(15)13-6-5-11(19(21)24)9-16(13)22/h1-6,9H,7-8,10H2,(H2,21,24). The summed E-state index contributed by atoms with van der Waals surface area (Å²) in [6, 6.07) is 12.9. The number of amides is 1. The van der Waals surface area contributed by atoms with Gasteiger partial charge in [-0.15, -0.1) is 0 Å². The first-order valence-electron chi connectivity index (χ1n) is 7.78. The first-order chi connectivity index (χ1) is 11.6. The predicted octanol–water partition coefficient (Wildman–Crippen LogP) is 3.57. The number of carbonyl (C=O) groups is 2. The number of aromatic nitrogens is 1. The van der Waals surface area contributed by atoms with Crippen LogP contribution in [-0.2, 0) is 13.0 Å². The summed E-state index contributed by atoms with van der Waals surface area (Å²) in [5.74, 6) is -0.325. The van der Waals surface area contributed by atoms with E-state index in [1.54, 1.807) is 12.1 Å². The Balaban J connectivity index is 1.96. The Labute approximate surface area is 143 Å². The number of nitrogens with zero attached hydrogens (tertiary/aromatic N) is 1. The molecule has 0 radical (unpaired) electrons. The van der Waals surface area contributed by atoms with Gasteiger partial charge in [-0.1, -0.05) is 35.9 Å². The third kappa shape index (κ3) is 2.22. The lowest BCUT2D eigenvalue weighted by molar-refractivity contribution is 0.0990. The van der Waals surface area contributed by atoms with Crippen molar-refractivity contribution < 1.29 is 9.59 Å². The van der Waals surface area contributed by atoms with E-state index in [9.17, 15) is 9.59 Å². The maximum Gasteiger partial charge on any atom is 0.248 e. The lowest BCUT2D eigenvalue weighted by atomic mass is 10.1. The Kier molecular flexibility index (Phi) is 3.43. The first-order valence-corrected chi connectivity index (χ1v) is 8.15. The summed E-state index contributed by atoms with van der Waals surface area (Å²) in [5.41, 5.74) is 9.46. The predicted molar refractivity (Wildman–Crippen MR) is 93.7 cm³/mol. The van der Waals surface area contributed by atoms with Gasteiger partial charge in [0.2, 0.25) is 5.91 Å². The molecule has 4 rings (SSSR count). The second kappa shape index (κ2) is 5.49. The molecule has 0 spiro atoms. The van der Waals surface area contributed by atoms with E-state index in [1.807, 2.05) is 30.3 Å². The Morgan fingerprint density at radius 3 is 2.71 bits per heavy atom. The smallest absolute Gasteiger partial charge is 0.248 e. The zero-order valence-electron chi connectivity index (χ0n) is 12.9. The van der Waals surface area contributed by atoms with Gasteiger partial charge in [0.1, 0.15) is 0 Å². The van der Waals surface area contributed by atoms with Crippen LogP contribution >= 0.6 is 11.6 Å². The number of nitrogens with two attached hydrogens (primary N) is 1. The van der Waals surface area contributed by atoms with Crippen LogP contribution in [0.5, 0.6) is 0 Å². The molecule has 3 aromatic rings. The van der Waals surface area contributed by atoms with E-state index < -0.39 is 5.91 Å². The average molecular weight is 339 g/mol. The molecule has 0 bridgehead atoms. The van der Waals surface area contributed by atoms with Crippen molar-refractivity contribution in [3.05, 3.63) is 69.9 Å². The second-order valence-electron chi connectivity index (χ2n) is 6.02. The fraction of sp³-hybridized carbons (Fsp3) is 0.158. The van der Waals surface area contributed by atoms with Crippen LogP contribution in [0.3, 0.4) is 0 Å². The van der Waals surface area contributed by atoms with Gasteiger partial charge >= 0.3 is 0 Å². The van der Waals surface area contributed by atoms with Crippen LogP contribution in [0.2, 0.25) is 5.02 Å². The van der Waals surface area contributed by atoms with Crippen LogP contribution in [0.15, 0.2) is 42.5 Å². The normalized spacial score (nSPS) is 13.5. The highest BCUT2D eigenvalue weighted by Gasteiger charge is 2.28. The monoisotopic (exact) mass is 338 g/mol. The topological polar surface area (TPSA) is 65.1 Å². The number of carbonyl (C=O) groups excluding carboxylic acids is 2. The molecular weight excluding hydrogens is 324 g/mol. The van der Waals surface area contributed by atoms with E-state index in [1.165, 1.54) is 0 Å². The van der Waals surface area contributed by atoms with Crippen molar-refractivity contribution in [2.45, 2.75) is 19.4 Å². The van der Waals surface area contributed by atoms with Crippen LogP contribution < -0.4 is 5.73 Å². The van der Waals surface area contributed by atoms with E-state index in [2.05, 4.69) is 4.57 Å². The maximum absolute atomic E-state index is 12.3. The number of benzene rings is 2. The van der Waals surface area contributed by atoms with Gasteiger partial charge in [-0.3, -0.25) is 9.59 Å². The summed E-state index contributed by atoms with van der Waals surface area (Å²) in [4.78, 5) is 23.8. The van der Waals surface area contributed by atoms with Gasteiger partial charge in [0, 0.05) is 40.2 Å². The fourth-order valence-corrected chi connectivity index (χ4v) is 3.66. The molecule has 0 saturated carbocycles. The molecule has 1 heterocycles. The summed E-state index contributed by atoms with van der Waals surface area (Å²) >= 11 is 6.30. The van der Waals surface area contributed by atoms with Gasteiger partial charge in [-0.2, -0.15) is 0 Å². The van der Waals surface area contributed by atoms with Crippen LogP contribution in [0.25, 0.3) is 10.9 Å². The first kappa shape index (κ1) is 15.0. The van der Waals surface area contributed by atoms with Gasteiger partial charge in [0.05, 0.1) is 5.52 Å². The molecular formula is C19H15ClN2O2. The number of hydrogen-bond acceptors (Lipinski definition) is 2.